The minimum Gasteiger partial charge on any atom is -0.443 e. The molecule has 1 heterocycles. The van der Waals surface area contributed by atoms with Gasteiger partial charge in [0.1, 0.15) is 5.76 Å². The third-order valence-electron chi connectivity index (χ3n) is 5.13. The number of hydrogen-bond donors (Lipinski definition) is 3. The zero-order valence-corrected chi connectivity index (χ0v) is 18.4. The van der Waals surface area contributed by atoms with E-state index < -0.39 is 0 Å². The van der Waals surface area contributed by atoms with Crippen molar-refractivity contribution < 1.29 is 9.21 Å². The summed E-state index contributed by atoms with van der Waals surface area (Å²) in [6.45, 7) is 10.0. The van der Waals surface area contributed by atoms with Crippen LogP contribution in [0.5, 0.6) is 0 Å². The van der Waals surface area contributed by atoms with Crippen LogP contribution in [0.3, 0.4) is 0 Å². The summed E-state index contributed by atoms with van der Waals surface area (Å²) in [5, 5.41) is 9.52. The maximum atomic E-state index is 12.2. The van der Waals surface area contributed by atoms with Crippen molar-refractivity contribution in [2.45, 2.75) is 65.5 Å². The molecular formula is C23H33N5O2. The number of amides is 1. The van der Waals surface area contributed by atoms with Crippen molar-refractivity contribution in [3.8, 4) is 0 Å². The number of nitrogens with zero attached hydrogens (tertiary/aromatic N) is 2. The molecule has 30 heavy (non-hydrogen) atoms. The highest BCUT2D eigenvalue weighted by Gasteiger charge is 2.25. The van der Waals surface area contributed by atoms with Gasteiger partial charge >= 0.3 is 0 Å². The van der Waals surface area contributed by atoms with E-state index in [0.717, 1.165) is 42.8 Å². The first-order valence-electron chi connectivity index (χ1n) is 10.7. The van der Waals surface area contributed by atoms with E-state index in [1.165, 1.54) is 0 Å². The average Bonchev–Trinajstić information content (AvgIpc) is 3.12. The van der Waals surface area contributed by atoms with Crippen molar-refractivity contribution in [2.75, 3.05) is 11.9 Å². The van der Waals surface area contributed by atoms with Gasteiger partial charge in [-0.15, -0.1) is 0 Å². The predicted octanol–water partition coefficient (Wildman–Crippen LogP) is 3.97. The van der Waals surface area contributed by atoms with E-state index in [4.69, 9.17) is 4.42 Å². The highest BCUT2D eigenvalue weighted by atomic mass is 16.4. The zero-order valence-electron chi connectivity index (χ0n) is 18.4. The molecule has 7 nitrogen and oxygen atoms in total. The Bertz CT molecular complexity index is 878. The van der Waals surface area contributed by atoms with Gasteiger partial charge in [0.05, 0.1) is 19.3 Å². The van der Waals surface area contributed by atoms with Crippen molar-refractivity contribution >= 4 is 17.6 Å². The molecule has 0 saturated heterocycles. The summed E-state index contributed by atoms with van der Waals surface area (Å²) < 4.78 is 5.83. The highest BCUT2D eigenvalue weighted by Crippen LogP contribution is 2.27. The minimum absolute atomic E-state index is 0.0666. The normalized spacial score (nSPS) is 14.9. The van der Waals surface area contributed by atoms with Crippen molar-refractivity contribution in [1.82, 2.24) is 15.6 Å². The molecule has 0 aliphatic heterocycles. The molecule has 1 fully saturated rings. The van der Waals surface area contributed by atoms with Gasteiger partial charge in [0, 0.05) is 23.6 Å². The lowest BCUT2D eigenvalue weighted by Crippen LogP contribution is -2.36. The molecule has 0 unspecified atom stereocenters. The van der Waals surface area contributed by atoms with Crippen LogP contribution in [-0.2, 0) is 23.3 Å². The van der Waals surface area contributed by atoms with Gasteiger partial charge in [0.15, 0.2) is 5.96 Å². The molecule has 0 radical (unpaired) electrons. The van der Waals surface area contributed by atoms with Crippen molar-refractivity contribution in [1.29, 1.82) is 0 Å². The summed E-state index contributed by atoms with van der Waals surface area (Å²) in [5.41, 5.74) is 1.79. The van der Waals surface area contributed by atoms with E-state index >= 15 is 0 Å². The molecule has 0 atom stereocenters. The first-order chi connectivity index (χ1) is 14.3. The first-order valence-corrected chi connectivity index (χ1v) is 10.7. The lowest BCUT2D eigenvalue weighted by molar-refractivity contribution is -0.122. The Labute approximate surface area is 178 Å². The fraction of sp³-hybridized carbons (Fsp3) is 0.522. The van der Waals surface area contributed by atoms with Gasteiger partial charge in [-0.2, -0.15) is 0 Å². The van der Waals surface area contributed by atoms with E-state index in [1.54, 1.807) is 6.20 Å². The smallest absolute Gasteiger partial charge is 0.227 e. The van der Waals surface area contributed by atoms with Crippen LogP contribution in [0.15, 0.2) is 39.9 Å². The second-order valence-electron chi connectivity index (χ2n) is 8.73. The third-order valence-corrected chi connectivity index (χ3v) is 5.13. The maximum absolute atomic E-state index is 12.2. The molecule has 2 aromatic rings. The Hall–Kier alpha value is -2.83. The number of anilines is 1. The molecule has 7 heteroatoms. The van der Waals surface area contributed by atoms with Gasteiger partial charge in [-0.1, -0.05) is 39.3 Å². The number of benzene rings is 1. The molecule has 3 N–H and O–H groups in total. The fourth-order valence-electron chi connectivity index (χ4n) is 3.07. The van der Waals surface area contributed by atoms with Crippen molar-refractivity contribution in [3.05, 3.63) is 47.7 Å². The molecular weight excluding hydrogens is 378 g/mol. The summed E-state index contributed by atoms with van der Waals surface area (Å²) in [6, 6.07) is 7.86. The Kier molecular flexibility index (Phi) is 7.13. The fourth-order valence-corrected chi connectivity index (χ4v) is 3.07. The molecule has 1 aromatic carbocycles. The van der Waals surface area contributed by atoms with Crippen LogP contribution in [0.2, 0.25) is 0 Å². The molecule has 1 aliphatic rings. The van der Waals surface area contributed by atoms with Crippen LogP contribution < -0.4 is 16.0 Å². The monoisotopic (exact) mass is 411 g/mol. The molecule has 3 rings (SSSR count). The summed E-state index contributed by atoms with van der Waals surface area (Å²) in [4.78, 5) is 21.2. The number of aliphatic imine (C=N–C) groups is 1. The van der Waals surface area contributed by atoms with Crippen LogP contribution in [0.25, 0.3) is 0 Å². The summed E-state index contributed by atoms with van der Waals surface area (Å²) in [6.07, 6.45) is 4.92. The number of nitrogens with one attached hydrogen (secondary N) is 3. The number of rotatable bonds is 7. The molecule has 1 amide bonds. The standard InChI is InChI=1S/C23H33N5O2/c1-5-24-22(27-15-20-25-14-19(30-20)23(2,3)4)26-13-16-8-6-11-18(12-16)28-21(29)17-9-7-10-17/h6,8,11-12,14,17H,5,7,9-10,13,15H2,1-4H3,(H,28,29)(H2,24,26,27). The SMILES string of the molecule is CCNC(=NCc1cccc(NC(=O)C2CCC2)c1)NCc1ncc(C(C)(C)C)o1. The van der Waals surface area contributed by atoms with E-state index in [0.29, 0.717) is 24.9 Å². The predicted molar refractivity (Wildman–Crippen MR) is 119 cm³/mol. The molecule has 0 spiro atoms. The van der Waals surface area contributed by atoms with Crippen LogP contribution in [0.1, 0.15) is 64.2 Å². The van der Waals surface area contributed by atoms with Gasteiger partial charge in [-0.25, -0.2) is 9.98 Å². The Morgan fingerprint density at radius 3 is 2.70 bits per heavy atom. The topological polar surface area (TPSA) is 91.5 Å². The van der Waals surface area contributed by atoms with Crippen LogP contribution in [0, 0.1) is 5.92 Å². The number of hydrogen-bond acceptors (Lipinski definition) is 4. The summed E-state index contributed by atoms with van der Waals surface area (Å²) in [7, 11) is 0. The number of carbonyl (C=O) groups excluding carboxylic acids is 1. The van der Waals surface area contributed by atoms with Gasteiger partial charge < -0.3 is 20.4 Å². The van der Waals surface area contributed by atoms with Crippen LogP contribution in [0.4, 0.5) is 5.69 Å². The average molecular weight is 412 g/mol. The van der Waals surface area contributed by atoms with Crippen LogP contribution in [-0.4, -0.2) is 23.4 Å². The van der Waals surface area contributed by atoms with Gasteiger partial charge in [0.25, 0.3) is 0 Å². The van der Waals surface area contributed by atoms with E-state index in [9.17, 15) is 4.79 Å². The Morgan fingerprint density at radius 1 is 1.27 bits per heavy atom. The van der Waals surface area contributed by atoms with Crippen molar-refractivity contribution in [2.24, 2.45) is 10.9 Å². The van der Waals surface area contributed by atoms with E-state index in [1.807, 2.05) is 31.2 Å². The molecule has 1 aliphatic carbocycles. The second-order valence-corrected chi connectivity index (χ2v) is 8.73. The third kappa shape index (κ3) is 6.08. The van der Waals surface area contributed by atoms with Gasteiger partial charge in [-0.05, 0) is 37.5 Å². The number of aromatic nitrogens is 1. The first kappa shape index (κ1) is 21.9. The second kappa shape index (κ2) is 9.78. The van der Waals surface area contributed by atoms with E-state index in [-0.39, 0.29) is 17.2 Å². The summed E-state index contributed by atoms with van der Waals surface area (Å²) in [5.74, 6) is 2.48. The maximum Gasteiger partial charge on any atom is 0.227 e. The quantitative estimate of drug-likeness (QED) is 0.474. The molecule has 0 bridgehead atoms. The summed E-state index contributed by atoms with van der Waals surface area (Å²) >= 11 is 0. The van der Waals surface area contributed by atoms with Crippen LogP contribution >= 0.6 is 0 Å². The molecule has 162 valence electrons. The Balaban J connectivity index is 1.58. The number of guanidine groups is 1. The minimum atomic E-state index is -0.0666. The van der Waals surface area contributed by atoms with E-state index in [2.05, 4.69) is 46.7 Å². The van der Waals surface area contributed by atoms with Gasteiger partial charge in [-0.3, -0.25) is 4.79 Å². The van der Waals surface area contributed by atoms with Crippen molar-refractivity contribution in [3.63, 3.8) is 0 Å². The molecule has 1 aromatic heterocycles. The number of oxazole rings is 1. The van der Waals surface area contributed by atoms with Gasteiger partial charge in [0.2, 0.25) is 11.8 Å². The lowest BCUT2D eigenvalue weighted by atomic mass is 9.85. The Morgan fingerprint density at radius 2 is 2.07 bits per heavy atom. The zero-order chi connectivity index (χ0) is 21.6. The molecule has 1 saturated carbocycles. The lowest BCUT2D eigenvalue weighted by Gasteiger charge is -2.24. The number of carbonyl (C=O) groups is 1. The highest BCUT2D eigenvalue weighted by molar-refractivity contribution is 5.93. The largest absolute Gasteiger partial charge is 0.443 e.